The molecule has 0 spiro atoms. The van der Waals surface area contributed by atoms with E-state index in [4.69, 9.17) is 10.5 Å². The molecule has 2 rings (SSSR count). The summed E-state index contributed by atoms with van der Waals surface area (Å²) >= 11 is 3.24. The van der Waals surface area contributed by atoms with Gasteiger partial charge in [-0.05, 0) is 24.6 Å². The van der Waals surface area contributed by atoms with E-state index >= 15 is 0 Å². The summed E-state index contributed by atoms with van der Waals surface area (Å²) in [7, 11) is 0. The number of hydrogen-bond acceptors (Lipinski definition) is 2. The van der Waals surface area contributed by atoms with Crippen molar-refractivity contribution >= 4 is 15.9 Å². The lowest BCUT2D eigenvalue weighted by molar-refractivity contribution is 0.463. The molecule has 4 heteroatoms. The molecule has 0 aliphatic heterocycles. The fraction of sp³-hybridized carbons (Fsp3) is 0.200. The van der Waals surface area contributed by atoms with Crippen LogP contribution in [0.1, 0.15) is 24.9 Å². The van der Waals surface area contributed by atoms with Gasteiger partial charge >= 0.3 is 0 Å². The highest BCUT2D eigenvalue weighted by atomic mass is 79.9. The summed E-state index contributed by atoms with van der Waals surface area (Å²) in [6, 6.07) is 11.9. The molecule has 2 aromatic carbocycles. The predicted molar refractivity (Wildman–Crippen MR) is 77.8 cm³/mol. The molecule has 0 unspecified atom stereocenters. The van der Waals surface area contributed by atoms with E-state index in [0.29, 0.717) is 16.0 Å². The number of halogens is 2. The number of nitrogens with two attached hydrogens (primary N) is 1. The maximum Gasteiger partial charge on any atom is 0.132 e. The van der Waals surface area contributed by atoms with E-state index in [1.165, 1.54) is 12.1 Å². The van der Waals surface area contributed by atoms with Crippen molar-refractivity contribution in [3.8, 4) is 11.5 Å². The van der Waals surface area contributed by atoms with Crippen LogP contribution < -0.4 is 10.5 Å². The fourth-order valence-electron chi connectivity index (χ4n) is 1.81. The van der Waals surface area contributed by atoms with Gasteiger partial charge in [-0.1, -0.05) is 41.1 Å². The van der Waals surface area contributed by atoms with Crippen molar-refractivity contribution in [2.24, 2.45) is 5.73 Å². The van der Waals surface area contributed by atoms with Gasteiger partial charge in [0, 0.05) is 22.1 Å². The number of ether oxygens (including phenoxy) is 1. The normalized spacial score (nSPS) is 12.2. The number of hydrogen-bond donors (Lipinski definition) is 1. The standard InChI is InChI=1S/C15H15BrFNO/c1-2-14(18)13-5-3-4-6-15(13)19-12-8-10(16)7-11(17)9-12/h3-9,14H,2,18H2,1H3/t14-/m0/s1. The second kappa shape index (κ2) is 6.17. The first-order valence-corrected chi connectivity index (χ1v) is 6.88. The van der Waals surface area contributed by atoms with Crippen LogP contribution >= 0.6 is 15.9 Å². The highest BCUT2D eigenvalue weighted by Gasteiger charge is 2.11. The molecule has 0 aromatic heterocycles. The smallest absolute Gasteiger partial charge is 0.132 e. The summed E-state index contributed by atoms with van der Waals surface area (Å²) in [5.41, 5.74) is 6.97. The van der Waals surface area contributed by atoms with Crippen LogP contribution in [0, 0.1) is 5.82 Å². The van der Waals surface area contributed by atoms with Gasteiger partial charge in [0.25, 0.3) is 0 Å². The van der Waals surface area contributed by atoms with Crippen molar-refractivity contribution in [1.82, 2.24) is 0 Å². The van der Waals surface area contributed by atoms with Crippen molar-refractivity contribution in [2.75, 3.05) is 0 Å². The van der Waals surface area contributed by atoms with Crippen molar-refractivity contribution < 1.29 is 9.13 Å². The van der Waals surface area contributed by atoms with Gasteiger partial charge in [0.1, 0.15) is 17.3 Å². The molecule has 0 amide bonds. The molecular formula is C15H15BrFNO. The predicted octanol–water partition coefficient (Wildman–Crippen LogP) is 4.79. The van der Waals surface area contributed by atoms with Gasteiger partial charge in [0.15, 0.2) is 0 Å². The van der Waals surface area contributed by atoms with Crippen LogP contribution in [0.4, 0.5) is 4.39 Å². The first-order valence-electron chi connectivity index (χ1n) is 6.08. The fourth-order valence-corrected chi connectivity index (χ4v) is 2.26. The first-order chi connectivity index (χ1) is 9.10. The van der Waals surface area contributed by atoms with E-state index in [0.717, 1.165) is 12.0 Å². The van der Waals surface area contributed by atoms with Gasteiger partial charge in [0.05, 0.1) is 0 Å². The van der Waals surface area contributed by atoms with Crippen LogP contribution in [-0.4, -0.2) is 0 Å². The molecule has 0 fully saturated rings. The Bertz CT molecular complexity index is 554. The van der Waals surface area contributed by atoms with Gasteiger partial charge in [-0.2, -0.15) is 0 Å². The third kappa shape index (κ3) is 3.55. The van der Waals surface area contributed by atoms with E-state index < -0.39 is 0 Å². The first kappa shape index (κ1) is 14.0. The molecule has 0 radical (unpaired) electrons. The Labute approximate surface area is 120 Å². The molecule has 0 saturated carbocycles. The average molecular weight is 324 g/mol. The zero-order valence-corrected chi connectivity index (χ0v) is 12.2. The van der Waals surface area contributed by atoms with Crippen LogP contribution in [0.15, 0.2) is 46.9 Å². The Morgan fingerprint density at radius 1 is 1.26 bits per heavy atom. The molecule has 2 aromatic rings. The summed E-state index contributed by atoms with van der Waals surface area (Å²) in [5, 5.41) is 0. The van der Waals surface area contributed by atoms with Crippen LogP contribution in [0.3, 0.4) is 0 Å². The maximum atomic E-state index is 13.3. The maximum absolute atomic E-state index is 13.3. The Morgan fingerprint density at radius 2 is 2.00 bits per heavy atom. The molecule has 1 atom stereocenters. The van der Waals surface area contributed by atoms with Crippen LogP contribution in [0.2, 0.25) is 0 Å². The van der Waals surface area contributed by atoms with E-state index in [-0.39, 0.29) is 11.9 Å². The Hall–Kier alpha value is -1.39. The van der Waals surface area contributed by atoms with Crippen LogP contribution in [0.25, 0.3) is 0 Å². The minimum absolute atomic E-state index is 0.0896. The molecule has 2 nitrogen and oxygen atoms in total. The summed E-state index contributed by atoms with van der Waals surface area (Å²) in [6.45, 7) is 2.01. The molecule has 19 heavy (non-hydrogen) atoms. The third-order valence-corrected chi connectivity index (χ3v) is 3.28. The van der Waals surface area contributed by atoms with Gasteiger partial charge in [0.2, 0.25) is 0 Å². The van der Waals surface area contributed by atoms with Crippen LogP contribution in [0.5, 0.6) is 11.5 Å². The highest BCUT2D eigenvalue weighted by molar-refractivity contribution is 9.10. The lowest BCUT2D eigenvalue weighted by Gasteiger charge is -2.15. The molecule has 0 saturated heterocycles. The zero-order chi connectivity index (χ0) is 13.8. The molecule has 0 heterocycles. The van der Waals surface area contributed by atoms with Gasteiger partial charge in [-0.3, -0.25) is 0 Å². The molecule has 100 valence electrons. The summed E-state index contributed by atoms with van der Waals surface area (Å²) < 4.78 is 19.7. The minimum Gasteiger partial charge on any atom is -0.457 e. The van der Waals surface area contributed by atoms with E-state index in [1.54, 1.807) is 6.07 Å². The number of benzene rings is 2. The Balaban J connectivity index is 2.32. The zero-order valence-electron chi connectivity index (χ0n) is 10.6. The van der Waals surface area contributed by atoms with Crippen molar-refractivity contribution in [3.63, 3.8) is 0 Å². The second-order valence-electron chi connectivity index (χ2n) is 4.26. The highest BCUT2D eigenvalue weighted by Crippen LogP contribution is 2.31. The molecule has 0 bridgehead atoms. The lowest BCUT2D eigenvalue weighted by Crippen LogP contribution is -2.09. The number of para-hydroxylation sites is 1. The largest absolute Gasteiger partial charge is 0.457 e. The second-order valence-corrected chi connectivity index (χ2v) is 5.18. The molecule has 0 aliphatic carbocycles. The Kier molecular flexibility index (Phi) is 4.56. The van der Waals surface area contributed by atoms with Crippen molar-refractivity contribution in [3.05, 3.63) is 58.3 Å². The van der Waals surface area contributed by atoms with E-state index in [2.05, 4.69) is 15.9 Å². The molecule has 0 aliphatic rings. The van der Waals surface area contributed by atoms with E-state index in [9.17, 15) is 4.39 Å². The SMILES string of the molecule is CC[C@H](N)c1ccccc1Oc1cc(F)cc(Br)c1. The number of rotatable bonds is 4. The monoisotopic (exact) mass is 323 g/mol. The van der Waals surface area contributed by atoms with Crippen molar-refractivity contribution in [2.45, 2.75) is 19.4 Å². The summed E-state index contributed by atoms with van der Waals surface area (Å²) in [5.74, 6) is 0.763. The van der Waals surface area contributed by atoms with Gasteiger partial charge in [-0.15, -0.1) is 0 Å². The lowest BCUT2D eigenvalue weighted by atomic mass is 10.0. The summed E-state index contributed by atoms with van der Waals surface area (Å²) in [6.07, 6.45) is 0.813. The molecule has 2 N–H and O–H groups in total. The average Bonchev–Trinajstić information content (AvgIpc) is 2.37. The quantitative estimate of drug-likeness (QED) is 0.877. The van der Waals surface area contributed by atoms with Gasteiger partial charge in [-0.25, -0.2) is 4.39 Å². The van der Waals surface area contributed by atoms with E-state index in [1.807, 2.05) is 31.2 Å². The van der Waals surface area contributed by atoms with Crippen molar-refractivity contribution in [1.29, 1.82) is 0 Å². The minimum atomic E-state index is -0.346. The van der Waals surface area contributed by atoms with Gasteiger partial charge < -0.3 is 10.5 Å². The topological polar surface area (TPSA) is 35.2 Å². The molecular weight excluding hydrogens is 309 g/mol. The summed E-state index contributed by atoms with van der Waals surface area (Å²) in [4.78, 5) is 0. The Morgan fingerprint density at radius 3 is 2.68 bits per heavy atom. The van der Waals surface area contributed by atoms with Crippen LogP contribution in [-0.2, 0) is 0 Å². The third-order valence-electron chi connectivity index (χ3n) is 2.82.